The van der Waals surface area contributed by atoms with Gasteiger partial charge in [0.05, 0.1) is 7.11 Å². The first kappa shape index (κ1) is 17.2. The van der Waals surface area contributed by atoms with Crippen LogP contribution in [0.4, 0.5) is 0 Å². The quantitative estimate of drug-likeness (QED) is 0.445. The SMILES string of the molecule is COOCc1ccc(C=NC2CCC(C(C)(C)C)CC2)cc1. The molecule has 0 aliphatic heterocycles. The van der Waals surface area contributed by atoms with Crippen molar-refractivity contribution in [3.8, 4) is 0 Å². The largest absolute Gasteiger partial charge is 0.289 e. The topological polar surface area (TPSA) is 30.8 Å². The molecule has 1 aromatic carbocycles. The van der Waals surface area contributed by atoms with Gasteiger partial charge in [0.2, 0.25) is 0 Å². The second kappa shape index (κ2) is 7.89. The monoisotopic (exact) mass is 303 g/mol. The van der Waals surface area contributed by atoms with Gasteiger partial charge >= 0.3 is 0 Å². The van der Waals surface area contributed by atoms with Crippen molar-refractivity contribution in [2.45, 2.75) is 59.1 Å². The zero-order chi connectivity index (χ0) is 16.0. The molecule has 0 bridgehead atoms. The predicted octanol–water partition coefficient (Wildman–Crippen LogP) is 4.79. The summed E-state index contributed by atoms with van der Waals surface area (Å²) < 4.78 is 0. The molecule has 0 spiro atoms. The van der Waals surface area contributed by atoms with Gasteiger partial charge in [-0.3, -0.25) is 4.99 Å². The van der Waals surface area contributed by atoms with Crippen molar-refractivity contribution in [2.75, 3.05) is 7.11 Å². The minimum atomic E-state index is 0.439. The Morgan fingerprint density at radius 2 is 1.73 bits per heavy atom. The number of rotatable bonds is 5. The first-order chi connectivity index (χ1) is 10.5. The molecule has 0 N–H and O–H groups in total. The summed E-state index contributed by atoms with van der Waals surface area (Å²) in [6.07, 6.45) is 7.07. The number of hydrogen-bond donors (Lipinski definition) is 0. The van der Waals surface area contributed by atoms with E-state index in [4.69, 9.17) is 9.88 Å². The molecule has 1 aromatic rings. The van der Waals surface area contributed by atoms with Gasteiger partial charge < -0.3 is 0 Å². The summed E-state index contributed by atoms with van der Waals surface area (Å²) in [5.41, 5.74) is 2.69. The molecule has 0 unspecified atom stereocenters. The molecule has 0 radical (unpaired) electrons. The highest BCUT2D eigenvalue weighted by Gasteiger charge is 2.29. The summed E-state index contributed by atoms with van der Waals surface area (Å²) in [5.74, 6) is 0.846. The maximum Gasteiger partial charge on any atom is 0.107 e. The minimum absolute atomic E-state index is 0.439. The van der Waals surface area contributed by atoms with E-state index in [0.717, 1.165) is 17.0 Å². The summed E-state index contributed by atoms with van der Waals surface area (Å²) in [4.78, 5) is 14.3. The van der Waals surface area contributed by atoms with Gasteiger partial charge in [-0.2, -0.15) is 0 Å². The molecule has 1 aliphatic rings. The Balaban J connectivity index is 1.83. The second-order valence-electron chi connectivity index (χ2n) is 7.32. The lowest BCUT2D eigenvalue weighted by atomic mass is 9.71. The highest BCUT2D eigenvalue weighted by Crippen LogP contribution is 2.38. The van der Waals surface area contributed by atoms with E-state index in [9.17, 15) is 0 Å². The van der Waals surface area contributed by atoms with Gasteiger partial charge in [0.15, 0.2) is 0 Å². The van der Waals surface area contributed by atoms with Crippen molar-refractivity contribution in [2.24, 2.45) is 16.3 Å². The van der Waals surface area contributed by atoms with Gasteiger partial charge in [-0.25, -0.2) is 9.78 Å². The highest BCUT2D eigenvalue weighted by atomic mass is 17.2. The number of hydrogen-bond acceptors (Lipinski definition) is 3. The van der Waals surface area contributed by atoms with Gasteiger partial charge in [0.25, 0.3) is 0 Å². The Morgan fingerprint density at radius 3 is 2.27 bits per heavy atom. The predicted molar refractivity (Wildman–Crippen MR) is 91.0 cm³/mol. The molecule has 22 heavy (non-hydrogen) atoms. The van der Waals surface area contributed by atoms with E-state index < -0.39 is 0 Å². The molecule has 1 fully saturated rings. The fourth-order valence-electron chi connectivity index (χ4n) is 3.11. The van der Waals surface area contributed by atoms with Crippen LogP contribution < -0.4 is 0 Å². The zero-order valence-electron chi connectivity index (χ0n) is 14.3. The number of aliphatic imine (C=N–C) groups is 1. The maximum atomic E-state index is 4.92. The van der Waals surface area contributed by atoms with Crippen molar-refractivity contribution in [3.05, 3.63) is 35.4 Å². The van der Waals surface area contributed by atoms with Crippen LogP contribution in [0.25, 0.3) is 0 Å². The van der Waals surface area contributed by atoms with Crippen LogP contribution in [0.3, 0.4) is 0 Å². The van der Waals surface area contributed by atoms with Crippen LogP contribution in [0.2, 0.25) is 0 Å². The summed E-state index contributed by atoms with van der Waals surface area (Å²) in [5, 5.41) is 0. The van der Waals surface area contributed by atoms with Crippen molar-refractivity contribution >= 4 is 6.21 Å². The summed E-state index contributed by atoms with van der Waals surface area (Å²) >= 11 is 0. The van der Waals surface area contributed by atoms with Gasteiger partial charge in [0, 0.05) is 12.3 Å². The van der Waals surface area contributed by atoms with Gasteiger partial charge in [0.1, 0.15) is 6.61 Å². The Morgan fingerprint density at radius 1 is 1.09 bits per heavy atom. The maximum absolute atomic E-state index is 4.92. The van der Waals surface area contributed by atoms with Crippen molar-refractivity contribution < 1.29 is 9.78 Å². The molecule has 122 valence electrons. The molecule has 0 amide bonds. The van der Waals surface area contributed by atoms with Crippen LogP contribution in [-0.2, 0) is 16.4 Å². The lowest BCUT2D eigenvalue weighted by Gasteiger charge is -2.35. The average molecular weight is 303 g/mol. The molecule has 2 rings (SSSR count). The highest BCUT2D eigenvalue weighted by molar-refractivity contribution is 5.79. The van der Waals surface area contributed by atoms with Crippen LogP contribution >= 0.6 is 0 Å². The number of nitrogens with zero attached hydrogens (tertiary/aromatic N) is 1. The van der Waals surface area contributed by atoms with E-state index >= 15 is 0 Å². The molecule has 3 nitrogen and oxygen atoms in total. The van der Waals surface area contributed by atoms with E-state index in [1.54, 1.807) is 0 Å². The van der Waals surface area contributed by atoms with Crippen LogP contribution in [0.5, 0.6) is 0 Å². The normalized spacial score (nSPS) is 23.1. The summed E-state index contributed by atoms with van der Waals surface area (Å²) in [6.45, 7) is 7.55. The van der Waals surface area contributed by atoms with E-state index in [1.807, 2.05) is 6.21 Å². The third kappa shape index (κ3) is 5.22. The summed E-state index contributed by atoms with van der Waals surface area (Å²) in [6, 6.07) is 8.76. The zero-order valence-corrected chi connectivity index (χ0v) is 14.3. The summed E-state index contributed by atoms with van der Waals surface area (Å²) in [7, 11) is 1.52. The van der Waals surface area contributed by atoms with Crippen LogP contribution in [0.15, 0.2) is 29.3 Å². The van der Waals surface area contributed by atoms with E-state index in [-0.39, 0.29) is 0 Å². The van der Waals surface area contributed by atoms with Crippen LogP contribution in [0, 0.1) is 11.3 Å². The van der Waals surface area contributed by atoms with Gasteiger partial charge in [-0.1, -0.05) is 45.0 Å². The first-order valence-corrected chi connectivity index (χ1v) is 8.27. The van der Waals surface area contributed by atoms with E-state index in [2.05, 4.69) is 49.9 Å². The van der Waals surface area contributed by atoms with Crippen molar-refractivity contribution in [1.29, 1.82) is 0 Å². The molecule has 0 atom stereocenters. The molecule has 0 saturated heterocycles. The van der Waals surface area contributed by atoms with Crippen LogP contribution in [-0.4, -0.2) is 19.4 Å². The molecule has 1 aliphatic carbocycles. The molecular formula is C19H29NO2. The standard InChI is InChI=1S/C19H29NO2/c1-19(2,3)17-9-11-18(12-10-17)20-13-15-5-7-16(8-6-15)14-22-21-4/h5-8,13,17-18H,9-12,14H2,1-4H3. The lowest BCUT2D eigenvalue weighted by molar-refractivity contribution is -0.282. The fraction of sp³-hybridized carbons (Fsp3) is 0.632. The number of benzene rings is 1. The van der Waals surface area contributed by atoms with Gasteiger partial charge in [-0.15, -0.1) is 0 Å². The smallest absolute Gasteiger partial charge is 0.107 e. The second-order valence-corrected chi connectivity index (χ2v) is 7.32. The Hall–Kier alpha value is -1.19. The first-order valence-electron chi connectivity index (χ1n) is 8.27. The van der Waals surface area contributed by atoms with E-state index in [1.165, 1.54) is 32.8 Å². The third-order valence-electron chi connectivity index (χ3n) is 4.68. The Bertz CT molecular complexity index is 465. The molecule has 0 heterocycles. The minimum Gasteiger partial charge on any atom is -0.289 e. The molecule has 3 heteroatoms. The van der Waals surface area contributed by atoms with Crippen LogP contribution in [0.1, 0.15) is 57.6 Å². The van der Waals surface area contributed by atoms with Crippen molar-refractivity contribution in [3.63, 3.8) is 0 Å². The Kier molecular flexibility index (Phi) is 6.16. The molecule has 0 aromatic heterocycles. The fourth-order valence-corrected chi connectivity index (χ4v) is 3.11. The third-order valence-corrected chi connectivity index (χ3v) is 4.68. The Labute approximate surface area is 134 Å². The van der Waals surface area contributed by atoms with E-state index in [0.29, 0.717) is 18.1 Å². The molecular weight excluding hydrogens is 274 g/mol. The van der Waals surface area contributed by atoms with Gasteiger partial charge in [-0.05, 0) is 48.1 Å². The molecule has 1 saturated carbocycles. The van der Waals surface area contributed by atoms with Crippen molar-refractivity contribution in [1.82, 2.24) is 0 Å². The lowest BCUT2D eigenvalue weighted by Crippen LogP contribution is -2.27. The average Bonchev–Trinajstić information content (AvgIpc) is 2.51.